The van der Waals surface area contributed by atoms with Crippen molar-refractivity contribution < 1.29 is 28.0 Å². The summed E-state index contributed by atoms with van der Waals surface area (Å²) in [6, 6.07) is 13.1. The molecule has 1 fully saturated rings. The average Bonchev–Trinajstić information content (AvgIpc) is 3.43. The topological polar surface area (TPSA) is 124 Å². The summed E-state index contributed by atoms with van der Waals surface area (Å²) in [4.78, 5) is 29.2. The molecule has 2 aromatic carbocycles. The van der Waals surface area contributed by atoms with E-state index >= 15 is 0 Å². The zero-order valence-corrected chi connectivity index (χ0v) is 30.1. The molecule has 2 bridgehead atoms. The number of halogens is 1. The van der Waals surface area contributed by atoms with E-state index in [2.05, 4.69) is 37.3 Å². The molecule has 50 heavy (non-hydrogen) atoms. The van der Waals surface area contributed by atoms with E-state index in [9.17, 15) is 13.8 Å². The normalized spacial score (nSPS) is 28.6. The lowest BCUT2D eigenvalue weighted by Crippen LogP contribution is -2.49. The highest BCUT2D eigenvalue weighted by Crippen LogP contribution is 2.47. The highest BCUT2D eigenvalue weighted by molar-refractivity contribution is 7.92. The summed E-state index contributed by atoms with van der Waals surface area (Å²) in [5.74, 6) is 0.497. The van der Waals surface area contributed by atoms with Gasteiger partial charge in [0.15, 0.2) is 6.61 Å². The number of methoxy groups -OCH3 is 1. The average molecular weight is 722 g/mol. The molecule has 1 unspecified atom stereocenters. The first-order valence-electron chi connectivity index (χ1n) is 17.4. The summed E-state index contributed by atoms with van der Waals surface area (Å²) < 4.78 is 40.6. The highest BCUT2D eigenvalue weighted by atomic mass is 35.5. The van der Waals surface area contributed by atoms with Gasteiger partial charge in [-0.2, -0.15) is 5.10 Å². The molecule has 266 valence electrons. The molecule has 5 atom stereocenters. The third kappa shape index (κ3) is 7.15. The Labute approximate surface area is 298 Å². The molecule has 3 aromatic rings. The summed E-state index contributed by atoms with van der Waals surface area (Å²) in [6.07, 6.45) is 11.8. The number of amides is 2. The van der Waals surface area contributed by atoms with Crippen molar-refractivity contribution in [3.05, 3.63) is 82.5 Å². The number of hydrogen-bond acceptors (Lipinski definition) is 8. The molecule has 4 aliphatic rings. The second kappa shape index (κ2) is 14.4. The van der Waals surface area contributed by atoms with E-state index in [0.717, 1.165) is 49.4 Å². The van der Waals surface area contributed by atoms with E-state index in [1.165, 1.54) is 15.8 Å². The number of anilines is 1. The van der Waals surface area contributed by atoms with Crippen molar-refractivity contribution in [2.45, 2.75) is 56.5 Å². The standard InChI is InChI=1S/C37H44ClN5O6S/c1-42-35(15-17-39-42)48-22-34(44)40-50(46)18-5-3-4-8-32(47-2)29-12-9-27(29)21-43-23-37(16-6-7-25-19-28(38)11-13-30(25)37)24-49-33-14-10-26(20-31(33)43)36(45)41-50/h4,8,10-11,13-15,17,19-20,27,29,32H,3,5-7,9,12,16,18,21-24H2,1-2H3,(H,40,41,44,45,46)/b8-4+/t27-,29+,32-,37-,50?/m0/s1. The Morgan fingerprint density at radius 1 is 1.18 bits per heavy atom. The summed E-state index contributed by atoms with van der Waals surface area (Å²) in [7, 11) is -0.0507. The number of carbonyl (C=O) groups is 2. The van der Waals surface area contributed by atoms with Crippen LogP contribution in [-0.4, -0.2) is 71.1 Å². The molecule has 7 rings (SSSR count). The Kier molecular flexibility index (Phi) is 9.96. The van der Waals surface area contributed by atoms with Crippen LogP contribution in [-0.2, 0) is 38.3 Å². The SMILES string of the molecule is CO[C@H]1/C=C/CCCS(=O)(NC(=O)COc2ccnn2C)=NC(=O)c2ccc3c(c2)N(C[C@@H]2CC[C@H]21)C[C@@]1(CCCc2cc(Cl)ccc21)CO3. The number of carbonyl (C=O) groups excluding carboxylic acids is 2. The van der Waals surface area contributed by atoms with Gasteiger partial charge in [-0.15, -0.1) is 4.36 Å². The molecule has 1 saturated carbocycles. The lowest BCUT2D eigenvalue weighted by atomic mass is 9.68. The van der Waals surface area contributed by atoms with Gasteiger partial charge in [-0.05, 0) is 98.2 Å². The molecule has 0 radical (unpaired) electrons. The molecule has 1 spiro atoms. The Balaban J connectivity index is 1.24. The number of aryl methyl sites for hydroxylation is 2. The fourth-order valence-electron chi connectivity index (χ4n) is 7.96. The Morgan fingerprint density at radius 2 is 2.06 bits per heavy atom. The number of benzene rings is 2. The van der Waals surface area contributed by atoms with Crippen LogP contribution in [0, 0.1) is 11.8 Å². The molecular formula is C37H44ClN5O6S. The van der Waals surface area contributed by atoms with E-state index in [4.69, 9.17) is 25.8 Å². The van der Waals surface area contributed by atoms with E-state index in [1.807, 2.05) is 24.3 Å². The molecule has 1 aromatic heterocycles. The smallest absolute Gasteiger partial charge is 0.286 e. The third-order valence-corrected chi connectivity index (χ3v) is 12.7. The van der Waals surface area contributed by atoms with Gasteiger partial charge in [0.1, 0.15) is 15.7 Å². The third-order valence-electron chi connectivity index (χ3n) is 10.7. The van der Waals surface area contributed by atoms with Gasteiger partial charge in [0.25, 0.3) is 11.8 Å². The van der Waals surface area contributed by atoms with Gasteiger partial charge >= 0.3 is 0 Å². The van der Waals surface area contributed by atoms with Crippen LogP contribution in [0.5, 0.6) is 11.6 Å². The van der Waals surface area contributed by atoms with Crippen molar-refractivity contribution in [2.75, 3.05) is 44.1 Å². The second-order valence-electron chi connectivity index (χ2n) is 13.9. The van der Waals surface area contributed by atoms with Crippen LogP contribution in [0.25, 0.3) is 0 Å². The Bertz CT molecular complexity index is 1920. The van der Waals surface area contributed by atoms with Gasteiger partial charge in [0, 0.05) is 49.3 Å². The second-order valence-corrected chi connectivity index (χ2v) is 16.4. The number of allylic oxidation sites excluding steroid dienone is 1. The van der Waals surface area contributed by atoms with Crippen molar-refractivity contribution in [1.29, 1.82) is 0 Å². The molecule has 2 aliphatic carbocycles. The fourth-order valence-corrected chi connectivity index (χ4v) is 9.74. The van der Waals surface area contributed by atoms with Crippen molar-refractivity contribution in [2.24, 2.45) is 23.2 Å². The van der Waals surface area contributed by atoms with Crippen LogP contribution in [0.1, 0.15) is 60.0 Å². The number of nitrogens with zero attached hydrogens (tertiary/aromatic N) is 4. The molecule has 11 nitrogen and oxygen atoms in total. The van der Waals surface area contributed by atoms with Crippen molar-refractivity contribution in [3.8, 4) is 11.6 Å². The van der Waals surface area contributed by atoms with Crippen molar-refractivity contribution in [3.63, 3.8) is 0 Å². The number of hydrogen-bond donors (Lipinski definition) is 1. The summed E-state index contributed by atoms with van der Waals surface area (Å²) in [6.45, 7) is 1.59. The number of rotatable bonds is 5. The van der Waals surface area contributed by atoms with Crippen LogP contribution in [0.2, 0.25) is 5.02 Å². The number of aromatic nitrogens is 2. The first kappa shape index (κ1) is 34.6. The number of nitrogens with one attached hydrogen (secondary N) is 1. The maximum atomic E-state index is 14.2. The summed E-state index contributed by atoms with van der Waals surface area (Å²) >= 11 is 6.44. The quantitative estimate of drug-likeness (QED) is 0.335. The summed E-state index contributed by atoms with van der Waals surface area (Å²) in [5, 5.41) is 4.76. The maximum Gasteiger partial charge on any atom is 0.286 e. The molecule has 2 amide bonds. The predicted octanol–water partition coefficient (Wildman–Crippen LogP) is 5.66. The zero-order chi connectivity index (χ0) is 34.9. The Hall–Kier alpha value is -3.87. The van der Waals surface area contributed by atoms with Crippen LogP contribution in [0.4, 0.5) is 5.69 Å². The van der Waals surface area contributed by atoms with Crippen LogP contribution in [0.15, 0.2) is 65.2 Å². The minimum atomic E-state index is -3.49. The molecule has 2 aliphatic heterocycles. The van der Waals surface area contributed by atoms with Crippen LogP contribution in [0.3, 0.4) is 0 Å². The first-order chi connectivity index (χ1) is 24.1. The van der Waals surface area contributed by atoms with Gasteiger partial charge in [-0.1, -0.05) is 29.8 Å². The minimum absolute atomic E-state index is 0.00362. The monoisotopic (exact) mass is 721 g/mol. The zero-order valence-electron chi connectivity index (χ0n) is 28.5. The van der Waals surface area contributed by atoms with E-state index in [-0.39, 0.29) is 22.8 Å². The molecule has 1 N–H and O–H groups in total. The molecular weight excluding hydrogens is 678 g/mol. The predicted molar refractivity (Wildman–Crippen MR) is 192 cm³/mol. The maximum absolute atomic E-state index is 14.2. The summed E-state index contributed by atoms with van der Waals surface area (Å²) in [5.41, 5.74) is 3.36. The lowest BCUT2D eigenvalue weighted by Gasteiger charge is -2.46. The van der Waals surface area contributed by atoms with Crippen molar-refractivity contribution in [1.82, 2.24) is 14.5 Å². The van der Waals surface area contributed by atoms with Crippen molar-refractivity contribution >= 4 is 39.0 Å². The van der Waals surface area contributed by atoms with E-state index < -0.39 is 28.3 Å². The number of ether oxygens (including phenoxy) is 3. The lowest BCUT2D eigenvalue weighted by molar-refractivity contribution is -0.121. The van der Waals surface area contributed by atoms with Gasteiger partial charge in [-0.3, -0.25) is 14.3 Å². The van der Waals surface area contributed by atoms with Crippen LogP contribution < -0.4 is 19.1 Å². The Morgan fingerprint density at radius 3 is 2.84 bits per heavy atom. The van der Waals surface area contributed by atoms with Gasteiger partial charge < -0.3 is 19.1 Å². The first-order valence-corrected chi connectivity index (χ1v) is 19.4. The highest BCUT2D eigenvalue weighted by Gasteiger charge is 2.44. The van der Waals surface area contributed by atoms with Crippen LogP contribution >= 0.6 is 11.6 Å². The molecule has 0 saturated heterocycles. The minimum Gasteiger partial charge on any atom is -0.490 e. The largest absolute Gasteiger partial charge is 0.490 e. The van der Waals surface area contributed by atoms with Gasteiger partial charge in [-0.25, -0.2) is 8.89 Å². The molecule has 3 heterocycles. The van der Waals surface area contributed by atoms with E-state index in [1.54, 1.807) is 32.5 Å². The van der Waals surface area contributed by atoms with Gasteiger partial charge in [0.05, 0.1) is 30.3 Å². The number of fused-ring (bicyclic) bond motifs is 4. The van der Waals surface area contributed by atoms with Gasteiger partial charge in [0.2, 0.25) is 5.88 Å². The molecule has 13 heteroatoms. The fraction of sp³-hybridized carbons (Fsp3) is 0.486. The van der Waals surface area contributed by atoms with E-state index in [0.29, 0.717) is 49.5 Å².